The quantitative estimate of drug-likeness (QED) is 0.887. The van der Waals surface area contributed by atoms with E-state index in [2.05, 4.69) is 5.10 Å². The minimum Gasteiger partial charge on any atom is -0.392 e. The molecule has 0 bridgehead atoms. The molecule has 1 fully saturated rings. The summed E-state index contributed by atoms with van der Waals surface area (Å²) in [7, 11) is -1.84. The van der Waals surface area contributed by atoms with E-state index in [-0.39, 0.29) is 6.04 Å². The first-order chi connectivity index (χ1) is 10.3. The molecule has 0 saturated carbocycles. The molecule has 7 heteroatoms. The highest BCUT2D eigenvalue weighted by molar-refractivity contribution is 7.89. The van der Waals surface area contributed by atoms with Gasteiger partial charge < -0.3 is 5.11 Å². The van der Waals surface area contributed by atoms with Crippen LogP contribution in [0.5, 0.6) is 0 Å². The summed E-state index contributed by atoms with van der Waals surface area (Å²) in [5.74, 6) is 0. The second-order valence-electron chi connectivity index (χ2n) is 5.97. The molecule has 2 rings (SSSR count). The third-order valence-corrected chi connectivity index (χ3v) is 6.54. The summed E-state index contributed by atoms with van der Waals surface area (Å²) in [4.78, 5) is 0.354. The van der Waals surface area contributed by atoms with Gasteiger partial charge in [0, 0.05) is 13.6 Å². The Labute approximate surface area is 133 Å². The first-order valence-electron chi connectivity index (χ1n) is 8.09. The Kier molecular flexibility index (Phi) is 5.29. The molecule has 6 nitrogen and oxygen atoms in total. The Morgan fingerprint density at radius 2 is 2.00 bits per heavy atom. The van der Waals surface area contributed by atoms with Crippen LogP contribution in [0, 0.1) is 0 Å². The normalized spacial score (nSPS) is 22.0. The third kappa shape index (κ3) is 2.94. The Morgan fingerprint density at radius 3 is 2.55 bits per heavy atom. The van der Waals surface area contributed by atoms with Gasteiger partial charge in [-0.25, -0.2) is 8.42 Å². The maximum absolute atomic E-state index is 13.2. The van der Waals surface area contributed by atoms with Gasteiger partial charge in [0.2, 0.25) is 10.0 Å². The van der Waals surface area contributed by atoms with Crippen LogP contribution >= 0.6 is 0 Å². The number of aliphatic hydroxyl groups is 1. The SMILES string of the molecule is CCc1nn(C)c(CC)c1S(=O)(=O)N1CCCC[C@H]1[C@@H](C)O. The molecule has 0 aromatic carbocycles. The molecule has 22 heavy (non-hydrogen) atoms. The molecule has 0 spiro atoms. The Morgan fingerprint density at radius 1 is 1.32 bits per heavy atom. The molecule has 1 N–H and O–H groups in total. The van der Waals surface area contributed by atoms with Crippen molar-refractivity contribution in [1.29, 1.82) is 0 Å². The van der Waals surface area contributed by atoms with Gasteiger partial charge in [-0.2, -0.15) is 9.40 Å². The topological polar surface area (TPSA) is 75.4 Å². The van der Waals surface area contributed by atoms with E-state index in [4.69, 9.17) is 0 Å². The fourth-order valence-corrected chi connectivity index (χ4v) is 5.65. The average Bonchev–Trinajstić information content (AvgIpc) is 2.83. The summed E-state index contributed by atoms with van der Waals surface area (Å²) < 4.78 is 29.6. The number of aryl methyl sites for hydroxylation is 2. The number of piperidine rings is 1. The Balaban J connectivity index is 2.54. The van der Waals surface area contributed by atoms with Gasteiger partial charge in [-0.05, 0) is 32.6 Å². The van der Waals surface area contributed by atoms with Crippen molar-refractivity contribution < 1.29 is 13.5 Å². The summed E-state index contributed by atoms with van der Waals surface area (Å²) in [5.41, 5.74) is 1.36. The van der Waals surface area contributed by atoms with Crippen molar-refractivity contribution in [2.45, 2.75) is 69.9 Å². The molecule has 2 heterocycles. The predicted molar refractivity (Wildman–Crippen MR) is 85.2 cm³/mol. The lowest BCUT2D eigenvalue weighted by molar-refractivity contribution is 0.0830. The van der Waals surface area contributed by atoms with Crippen molar-refractivity contribution in [3.63, 3.8) is 0 Å². The Bertz CT molecular complexity index is 622. The predicted octanol–water partition coefficient (Wildman–Crippen LogP) is 1.47. The van der Waals surface area contributed by atoms with Crippen LogP contribution in [0.25, 0.3) is 0 Å². The van der Waals surface area contributed by atoms with Gasteiger partial charge in [0.15, 0.2) is 0 Å². The number of sulfonamides is 1. The van der Waals surface area contributed by atoms with Crippen molar-refractivity contribution >= 4 is 10.0 Å². The second-order valence-corrected chi connectivity index (χ2v) is 7.80. The summed E-state index contributed by atoms with van der Waals surface area (Å²) in [5, 5.41) is 14.4. The van der Waals surface area contributed by atoms with Gasteiger partial charge in [-0.1, -0.05) is 20.3 Å². The number of hydrogen-bond donors (Lipinski definition) is 1. The number of aromatic nitrogens is 2. The van der Waals surface area contributed by atoms with E-state index in [0.717, 1.165) is 18.5 Å². The molecule has 1 aromatic rings. The zero-order chi connectivity index (χ0) is 16.5. The highest BCUT2D eigenvalue weighted by atomic mass is 32.2. The highest BCUT2D eigenvalue weighted by Gasteiger charge is 2.39. The van der Waals surface area contributed by atoms with E-state index in [1.54, 1.807) is 18.7 Å². The largest absolute Gasteiger partial charge is 0.392 e. The van der Waals surface area contributed by atoms with Crippen LogP contribution in [0.2, 0.25) is 0 Å². The fraction of sp³-hybridized carbons (Fsp3) is 0.800. The van der Waals surface area contributed by atoms with Crippen LogP contribution in [0.15, 0.2) is 4.90 Å². The smallest absolute Gasteiger partial charge is 0.247 e. The standard InChI is InChI=1S/C15H27N3O3S/c1-5-12-15(13(6-2)17(4)16-12)22(20,21)18-10-8-7-9-14(18)11(3)19/h11,14,19H,5-10H2,1-4H3/t11-,14+/m1/s1. The van der Waals surface area contributed by atoms with Gasteiger partial charge in [0.1, 0.15) is 4.90 Å². The lowest BCUT2D eigenvalue weighted by Gasteiger charge is -2.36. The minimum absolute atomic E-state index is 0.339. The van der Waals surface area contributed by atoms with Crippen LogP contribution in [-0.2, 0) is 29.9 Å². The first-order valence-corrected chi connectivity index (χ1v) is 9.53. The van der Waals surface area contributed by atoms with E-state index in [1.165, 1.54) is 4.31 Å². The summed E-state index contributed by atoms with van der Waals surface area (Å²) in [6.45, 7) is 6.00. The Hall–Kier alpha value is -0.920. The van der Waals surface area contributed by atoms with E-state index in [0.29, 0.717) is 36.4 Å². The molecular weight excluding hydrogens is 302 g/mol. The van der Waals surface area contributed by atoms with E-state index in [1.807, 2.05) is 13.8 Å². The minimum atomic E-state index is -3.63. The van der Waals surface area contributed by atoms with Crippen LogP contribution in [0.4, 0.5) is 0 Å². The van der Waals surface area contributed by atoms with Crippen LogP contribution in [0.1, 0.15) is 51.4 Å². The summed E-state index contributed by atoms with van der Waals surface area (Å²) in [6, 6.07) is -0.339. The lowest BCUT2D eigenvalue weighted by atomic mass is 10.0. The van der Waals surface area contributed by atoms with Gasteiger partial charge >= 0.3 is 0 Å². The molecular formula is C15H27N3O3S. The van der Waals surface area contributed by atoms with Crippen molar-refractivity contribution in [3.8, 4) is 0 Å². The van der Waals surface area contributed by atoms with Crippen LogP contribution in [0.3, 0.4) is 0 Å². The van der Waals surface area contributed by atoms with Gasteiger partial charge in [-0.3, -0.25) is 4.68 Å². The van der Waals surface area contributed by atoms with Crippen molar-refractivity contribution in [2.24, 2.45) is 7.05 Å². The van der Waals surface area contributed by atoms with E-state index >= 15 is 0 Å². The first kappa shape index (κ1) is 17.4. The van der Waals surface area contributed by atoms with Gasteiger partial charge in [0.25, 0.3) is 0 Å². The van der Waals surface area contributed by atoms with Crippen molar-refractivity contribution in [1.82, 2.24) is 14.1 Å². The molecule has 1 aliphatic heterocycles. The molecule has 1 aromatic heterocycles. The lowest BCUT2D eigenvalue weighted by Crippen LogP contribution is -2.49. The molecule has 0 amide bonds. The molecule has 0 radical (unpaired) electrons. The highest BCUT2D eigenvalue weighted by Crippen LogP contribution is 2.31. The molecule has 1 saturated heterocycles. The third-order valence-electron chi connectivity index (χ3n) is 4.48. The maximum Gasteiger partial charge on any atom is 0.247 e. The molecule has 1 aliphatic rings. The fourth-order valence-electron chi connectivity index (χ4n) is 3.35. The van der Waals surface area contributed by atoms with Crippen molar-refractivity contribution in [3.05, 3.63) is 11.4 Å². The van der Waals surface area contributed by atoms with Gasteiger partial charge in [-0.15, -0.1) is 0 Å². The second kappa shape index (κ2) is 6.68. The van der Waals surface area contributed by atoms with Crippen LogP contribution < -0.4 is 0 Å². The number of hydrogen-bond acceptors (Lipinski definition) is 4. The van der Waals surface area contributed by atoms with Gasteiger partial charge in [0.05, 0.1) is 23.5 Å². The number of aliphatic hydroxyl groups excluding tert-OH is 1. The summed E-state index contributed by atoms with van der Waals surface area (Å²) >= 11 is 0. The molecule has 0 aliphatic carbocycles. The van der Waals surface area contributed by atoms with Crippen LogP contribution in [-0.4, -0.2) is 46.3 Å². The molecule has 126 valence electrons. The zero-order valence-electron chi connectivity index (χ0n) is 13.9. The molecule has 2 atom stereocenters. The van der Waals surface area contributed by atoms with Crippen molar-refractivity contribution in [2.75, 3.05) is 6.54 Å². The monoisotopic (exact) mass is 329 g/mol. The van der Waals surface area contributed by atoms with E-state index in [9.17, 15) is 13.5 Å². The average molecular weight is 329 g/mol. The maximum atomic E-state index is 13.2. The number of nitrogens with zero attached hydrogens (tertiary/aromatic N) is 3. The molecule has 0 unspecified atom stereocenters. The number of rotatable bonds is 5. The zero-order valence-corrected chi connectivity index (χ0v) is 14.7. The van der Waals surface area contributed by atoms with E-state index < -0.39 is 16.1 Å². The summed E-state index contributed by atoms with van der Waals surface area (Å²) in [6.07, 6.45) is 3.03.